The molecular weight excluding hydrogens is 256 g/mol. The molecule has 18 heavy (non-hydrogen) atoms. The third-order valence-corrected chi connectivity index (χ3v) is 2.35. The van der Waals surface area contributed by atoms with E-state index in [1.165, 1.54) is 0 Å². The smallest absolute Gasteiger partial charge is 0.295 e. The Labute approximate surface area is 108 Å². The largest absolute Gasteiger partial charge is 0.436 e. The van der Waals surface area contributed by atoms with Crippen LogP contribution in [-0.2, 0) is 0 Å². The molecule has 0 radical (unpaired) electrons. The van der Waals surface area contributed by atoms with Crippen molar-refractivity contribution >= 4 is 23.5 Å². The highest BCUT2D eigenvalue weighted by Gasteiger charge is 2.17. The maximum atomic E-state index is 11.9. The fourth-order valence-corrected chi connectivity index (χ4v) is 1.72. The van der Waals surface area contributed by atoms with E-state index in [0.29, 0.717) is 17.3 Å². The van der Waals surface area contributed by atoms with Gasteiger partial charge in [0, 0.05) is 12.6 Å². The van der Waals surface area contributed by atoms with Gasteiger partial charge in [-0.2, -0.15) is 0 Å². The molecular formula is C11H11ClN4O2. The molecule has 2 heterocycles. The summed E-state index contributed by atoms with van der Waals surface area (Å²) in [5.41, 5.74) is 1.18. The van der Waals surface area contributed by atoms with E-state index in [0.717, 1.165) is 0 Å². The van der Waals surface area contributed by atoms with E-state index in [2.05, 4.69) is 20.3 Å². The van der Waals surface area contributed by atoms with Crippen LogP contribution >= 0.6 is 11.6 Å². The normalized spacial score (nSPS) is 10.4. The summed E-state index contributed by atoms with van der Waals surface area (Å²) < 4.78 is 5.20. The Bertz CT molecular complexity index is 589. The molecule has 7 heteroatoms. The molecule has 0 aliphatic heterocycles. The number of nitrogens with one attached hydrogen (secondary N) is 1. The van der Waals surface area contributed by atoms with E-state index in [4.69, 9.17) is 16.0 Å². The molecule has 0 fully saturated rings. The van der Waals surface area contributed by atoms with Crippen molar-refractivity contribution in [1.82, 2.24) is 15.0 Å². The quantitative estimate of drug-likeness (QED) is 0.844. The molecule has 6 nitrogen and oxygen atoms in total. The Morgan fingerprint density at radius 2 is 2.00 bits per heavy atom. The highest BCUT2D eigenvalue weighted by Crippen LogP contribution is 2.13. The van der Waals surface area contributed by atoms with Crippen molar-refractivity contribution in [3.05, 3.63) is 34.3 Å². The molecule has 0 saturated carbocycles. The SMILES string of the molecule is Cc1cc(Cl)nc(NC(=O)c2oc(C)nc2C)n1. The third kappa shape index (κ3) is 2.65. The predicted octanol–water partition coefficient (Wildman–Crippen LogP) is 2.30. The maximum Gasteiger partial charge on any atom is 0.295 e. The van der Waals surface area contributed by atoms with E-state index in [1.807, 2.05) is 0 Å². The molecule has 1 amide bonds. The van der Waals surface area contributed by atoms with Gasteiger partial charge in [-0.25, -0.2) is 15.0 Å². The molecule has 0 spiro atoms. The zero-order chi connectivity index (χ0) is 13.3. The van der Waals surface area contributed by atoms with Gasteiger partial charge in [-0.1, -0.05) is 11.6 Å². The minimum Gasteiger partial charge on any atom is -0.436 e. The second-order valence-corrected chi connectivity index (χ2v) is 4.14. The zero-order valence-corrected chi connectivity index (χ0v) is 10.9. The summed E-state index contributed by atoms with van der Waals surface area (Å²) in [7, 11) is 0. The van der Waals surface area contributed by atoms with Gasteiger partial charge in [0.2, 0.25) is 11.7 Å². The average molecular weight is 267 g/mol. The highest BCUT2D eigenvalue weighted by molar-refractivity contribution is 6.29. The second-order valence-electron chi connectivity index (χ2n) is 3.76. The van der Waals surface area contributed by atoms with Crippen LogP contribution in [0.4, 0.5) is 5.95 Å². The number of anilines is 1. The first kappa shape index (κ1) is 12.5. The standard InChI is InChI=1S/C11H11ClN4O2/c1-5-4-8(12)15-11(13-5)16-10(17)9-6(2)14-7(3)18-9/h4H,1-3H3,(H,13,15,16,17). The van der Waals surface area contributed by atoms with Crippen LogP contribution in [-0.4, -0.2) is 20.9 Å². The molecule has 0 bridgehead atoms. The summed E-state index contributed by atoms with van der Waals surface area (Å²) in [6, 6.07) is 1.60. The van der Waals surface area contributed by atoms with Crippen LogP contribution in [0.3, 0.4) is 0 Å². The number of carbonyl (C=O) groups excluding carboxylic acids is 1. The van der Waals surface area contributed by atoms with Gasteiger partial charge >= 0.3 is 0 Å². The Balaban J connectivity index is 2.23. The molecule has 0 aliphatic rings. The summed E-state index contributed by atoms with van der Waals surface area (Å²) in [5.74, 6) is 0.266. The number of aryl methyl sites for hydroxylation is 3. The van der Waals surface area contributed by atoms with Crippen molar-refractivity contribution < 1.29 is 9.21 Å². The van der Waals surface area contributed by atoms with Gasteiger partial charge in [-0.3, -0.25) is 10.1 Å². The van der Waals surface area contributed by atoms with Crippen LogP contribution in [0.15, 0.2) is 10.5 Å². The van der Waals surface area contributed by atoms with Gasteiger partial charge < -0.3 is 4.42 Å². The van der Waals surface area contributed by atoms with Crippen molar-refractivity contribution in [1.29, 1.82) is 0 Å². The molecule has 0 aliphatic carbocycles. The van der Waals surface area contributed by atoms with Crippen molar-refractivity contribution in [2.24, 2.45) is 0 Å². The molecule has 94 valence electrons. The van der Waals surface area contributed by atoms with Crippen molar-refractivity contribution in [3.63, 3.8) is 0 Å². The topological polar surface area (TPSA) is 80.9 Å². The van der Waals surface area contributed by atoms with E-state index < -0.39 is 5.91 Å². The lowest BCUT2D eigenvalue weighted by Gasteiger charge is -2.03. The number of rotatable bonds is 2. The summed E-state index contributed by atoms with van der Waals surface area (Å²) in [6.07, 6.45) is 0. The molecule has 2 aromatic heterocycles. The van der Waals surface area contributed by atoms with Gasteiger partial charge in [-0.15, -0.1) is 0 Å². The van der Waals surface area contributed by atoms with E-state index in [9.17, 15) is 4.79 Å². The first-order valence-corrected chi connectivity index (χ1v) is 5.60. The number of amides is 1. The van der Waals surface area contributed by atoms with E-state index >= 15 is 0 Å². The van der Waals surface area contributed by atoms with Crippen LogP contribution in [0.2, 0.25) is 5.15 Å². The minimum atomic E-state index is -0.449. The molecule has 1 N–H and O–H groups in total. The molecule has 2 aromatic rings. The van der Waals surface area contributed by atoms with Crippen LogP contribution in [0.1, 0.15) is 27.8 Å². The number of aromatic nitrogens is 3. The van der Waals surface area contributed by atoms with Crippen LogP contribution in [0.5, 0.6) is 0 Å². The third-order valence-electron chi connectivity index (χ3n) is 2.16. The number of nitrogens with zero attached hydrogens (tertiary/aromatic N) is 3. The molecule has 2 rings (SSSR count). The van der Waals surface area contributed by atoms with Crippen LogP contribution < -0.4 is 5.32 Å². The Morgan fingerprint density at radius 1 is 1.28 bits per heavy atom. The van der Waals surface area contributed by atoms with Crippen molar-refractivity contribution in [2.75, 3.05) is 5.32 Å². The van der Waals surface area contributed by atoms with Crippen LogP contribution in [0.25, 0.3) is 0 Å². The Kier molecular flexibility index (Phi) is 3.29. The van der Waals surface area contributed by atoms with Gasteiger partial charge in [0.05, 0.1) is 5.69 Å². The van der Waals surface area contributed by atoms with E-state index in [-0.39, 0.29) is 16.9 Å². The predicted molar refractivity (Wildman–Crippen MR) is 65.7 cm³/mol. The number of hydrogen-bond donors (Lipinski definition) is 1. The van der Waals surface area contributed by atoms with Crippen LogP contribution in [0, 0.1) is 20.8 Å². The monoisotopic (exact) mass is 266 g/mol. The summed E-state index contributed by atoms with van der Waals surface area (Å²) in [4.78, 5) is 23.9. The molecule has 0 aromatic carbocycles. The molecule has 0 unspecified atom stereocenters. The lowest BCUT2D eigenvalue weighted by Crippen LogP contribution is -2.15. The second kappa shape index (κ2) is 4.73. The zero-order valence-electron chi connectivity index (χ0n) is 10.1. The minimum absolute atomic E-state index is 0.137. The molecule has 0 atom stereocenters. The molecule has 0 saturated heterocycles. The summed E-state index contributed by atoms with van der Waals surface area (Å²) in [5, 5.41) is 2.78. The Hall–Kier alpha value is -1.95. The number of oxazole rings is 1. The summed E-state index contributed by atoms with van der Waals surface area (Å²) >= 11 is 5.78. The van der Waals surface area contributed by atoms with Gasteiger partial charge in [0.25, 0.3) is 5.91 Å². The number of halogens is 1. The first-order valence-electron chi connectivity index (χ1n) is 5.22. The van der Waals surface area contributed by atoms with Gasteiger partial charge in [0.1, 0.15) is 5.15 Å². The fraction of sp³-hybridized carbons (Fsp3) is 0.273. The van der Waals surface area contributed by atoms with Crippen molar-refractivity contribution in [2.45, 2.75) is 20.8 Å². The first-order chi connectivity index (χ1) is 8.45. The van der Waals surface area contributed by atoms with E-state index in [1.54, 1.807) is 26.8 Å². The maximum absolute atomic E-state index is 11.9. The number of hydrogen-bond acceptors (Lipinski definition) is 5. The fourth-order valence-electron chi connectivity index (χ4n) is 1.49. The average Bonchev–Trinajstić information content (AvgIpc) is 2.56. The lowest BCUT2D eigenvalue weighted by atomic mass is 10.3. The number of carbonyl (C=O) groups is 1. The Morgan fingerprint density at radius 3 is 2.56 bits per heavy atom. The van der Waals surface area contributed by atoms with Crippen molar-refractivity contribution in [3.8, 4) is 0 Å². The van der Waals surface area contributed by atoms with Gasteiger partial charge in [0.15, 0.2) is 5.89 Å². The lowest BCUT2D eigenvalue weighted by molar-refractivity contribution is 0.0993. The highest BCUT2D eigenvalue weighted by atomic mass is 35.5. The summed E-state index contributed by atoms with van der Waals surface area (Å²) in [6.45, 7) is 5.12. The van der Waals surface area contributed by atoms with Gasteiger partial charge in [-0.05, 0) is 19.9 Å².